The van der Waals surface area contributed by atoms with Gasteiger partial charge in [-0.15, -0.1) is 0 Å². The summed E-state index contributed by atoms with van der Waals surface area (Å²) in [6.07, 6.45) is -1.08. The molecule has 0 heterocycles. The third-order valence-corrected chi connectivity index (χ3v) is 2.98. The first kappa shape index (κ1) is 17.5. The molecule has 6 heteroatoms. The highest BCUT2D eigenvalue weighted by Crippen LogP contribution is 2.24. The Balaban J connectivity index is 1.95. The third kappa shape index (κ3) is 5.10. The van der Waals surface area contributed by atoms with E-state index in [1.807, 2.05) is 44.2 Å². The standard InChI is InChI=1S/C18H18O6/c1-13(2)12-21-18(20)23-24-22-17(19)16-11-7-6-10-15(16)14-8-4-3-5-9-14/h3-11,13H,12H2,1-2H3. The van der Waals surface area contributed by atoms with Crippen LogP contribution in [-0.2, 0) is 19.6 Å². The van der Waals surface area contributed by atoms with Crippen LogP contribution < -0.4 is 0 Å². The van der Waals surface area contributed by atoms with Gasteiger partial charge >= 0.3 is 12.1 Å². The lowest BCUT2D eigenvalue weighted by Gasteiger charge is -2.08. The van der Waals surface area contributed by atoms with E-state index in [2.05, 4.69) is 14.8 Å². The van der Waals surface area contributed by atoms with E-state index in [9.17, 15) is 9.59 Å². The molecule has 0 saturated carbocycles. The maximum Gasteiger partial charge on any atom is 0.543 e. The Labute approximate surface area is 139 Å². The fraction of sp³-hybridized carbons (Fsp3) is 0.222. The highest BCUT2D eigenvalue weighted by Gasteiger charge is 2.16. The lowest BCUT2D eigenvalue weighted by atomic mass is 10.00. The van der Waals surface area contributed by atoms with Crippen molar-refractivity contribution >= 4 is 12.1 Å². The Kier molecular flexibility index (Phi) is 6.33. The van der Waals surface area contributed by atoms with E-state index < -0.39 is 12.1 Å². The van der Waals surface area contributed by atoms with Crippen LogP contribution in [0.5, 0.6) is 0 Å². The fourth-order valence-electron chi connectivity index (χ4n) is 1.91. The quantitative estimate of drug-likeness (QED) is 0.450. The van der Waals surface area contributed by atoms with Crippen LogP contribution in [0.1, 0.15) is 24.2 Å². The number of hydrogen-bond acceptors (Lipinski definition) is 6. The minimum atomic E-state index is -1.08. The molecule has 0 N–H and O–H groups in total. The minimum Gasteiger partial charge on any atom is -0.432 e. The molecule has 2 rings (SSSR count). The third-order valence-electron chi connectivity index (χ3n) is 2.98. The van der Waals surface area contributed by atoms with Gasteiger partial charge < -0.3 is 4.74 Å². The Morgan fingerprint density at radius 3 is 2.29 bits per heavy atom. The Morgan fingerprint density at radius 1 is 0.917 bits per heavy atom. The number of ether oxygens (including phenoxy) is 1. The summed E-state index contributed by atoms with van der Waals surface area (Å²) in [5, 5.41) is 4.21. The molecule has 126 valence electrons. The van der Waals surface area contributed by atoms with Crippen LogP contribution in [0.15, 0.2) is 54.6 Å². The van der Waals surface area contributed by atoms with E-state index in [0.717, 1.165) is 5.56 Å². The normalized spacial score (nSPS) is 10.3. The summed E-state index contributed by atoms with van der Waals surface area (Å²) in [6.45, 7) is 3.91. The van der Waals surface area contributed by atoms with Crippen molar-refractivity contribution in [3.8, 4) is 11.1 Å². The number of rotatable bonds is 6. The lowest BCUT2D eigenvalue weighted by Crippen LogP contribution is -2.14. The second-order valence-electron chi connectivity index (χ2n) is 5.39. The molecule has 0 fully saturated rings. The van der Waals surface area contributed by atoms with Crippen molar-refractivity contribution in [1.82, 2.24) is 0 Å². The SMILES string of the molecule is CC(C)COC(=O)OOOC(=O)c1ccccc1-c1ccccc1. The van der Waals surface area contributed by atoms with Crippen LogP contribution in [0, 0.1) is 5.92 Å². The van der Waals surface area contributed by atoms with Gasteiger partial charge in [-0.25, -0.2) is 14.5 Å². The number of hydrogen-bond donors (Lipinski definition) is 0. The summed E-state index contributed by atoms with van der Waals surface area (Å²) in [7, 11) is 0. The molecule has 0 unspecified atom stereocenters. The van der Waals surface area contributed by atoms with Crippen LogP contribution in [-0.4, -0.2) is 18.7 Å². The summed E-state index contributed by atoms with van der Waals surface area (Å²) in [5.41, 5.74) is 1.80. The molecule has 0 bridgehead atoms. The summed E-state index contributed by atoms with van der Waals surface area (Å²) in [5.74, 6) is -0.635. The topological polar surface area (TPSA) is 71.1 Å². The van der Waals surface area contributed by atoms with E-state index in [-0.39, 0.29) is 18.1 Å². The zero-order chi connectivity index (χ0) is 17.4. The van der Waals surface area contributed by atoms with Crippen LogP contribution in [0.3, 0.4) is 0 Å². The van der Waals surface area contributed by atoms with Crippen molar-refractivity contribution in [3.63, 3.8) is 0 Å². The van der Waals surface area contributed by atoms with E-state index >= 15 is 0 Å². The maximum atomic E-state index is 12.1. The van der Waals surface area contributed by atoms with Crippen molar-refractivity contribution in [2.45, 2.75) is 13.8 Å². The van der Waals surface area contributed by atoms with Gasteiger partial charge in [0.25, 0.3) is 0 Å². The number of benzene rings is 2. The molecule has 2 aromatic carbocycles. The minimum absolute atomic E-state index is 0.151. The van der Waals surface area contributed by atoms with Crippen molar-refractivity contribution in [2.75, 3.05) is 6.61 Å². The number of carbonyl (C=O) groups is 2. The Hall–Kier alpha value is -2.86. The molecule has 6 nitrogen and oxygen atoms in total. The highest BCUT2D eigenvalue weighted by molar-refractivity contribution is 5.96. The average Bonchev–Trinajstić information content (AvgIpc) is 2.60. The first-order chi connectivity index (χ1) is 11.6. The maximum absolute atomic E-state index is 12.1. The van der Waals surface area contributed by atoms with Crippen molar-refractivity contribution in [1.29, 1.82) is 0 Å². The Morgan fingerprint density at radius 2 is 1.58 bits per heavy atom. The van der Waals surface area contributed by atoms with Gasteiger partial charge in [0, 0.05) is 0 Å². The van der Waals surface area contributed by atoms with E-state index in [1.54, 1.807) is 24.3 Å². The number of carbonyl (C=O) groups excluding carboxylic acids is 2. The van der Waals surface area contributed by atoms with Crippen molar-refractivity contribution in [3.05, 3.63) is 60.2 Å². The van der Waals surface area contributed by atoms with E-state index in [1.165, 1.54) is 0 Å². The lowest BCUT2D eigenvalue weighted by molar-refractivity contribution is -0.452. The van der Waals surface area contributed by atoms with Gasteiger partial charge in [0.05, 0.1) is 17.2 Å². The van der Waals surface area contributed by atoms with E-state index in [4.69, 9.17) is 4.74 Å². The van der Waals surface area contributed by atoms with Gasteiger partial charge in [0.1, 0.15) is 0 Å². The second kappa shape index (κ2) is 8.69. The van der Waals surface area contributed by atoms with Gasteiger partial charge in [-0.3, -0.25) is 4.89 Å². The molecule has 0 aromatic heterocycles. The summed E-state index contributed by atoms with van der Waals surface area (Å²) >= 11 is 0. The fourth-order valence-corrected chi connectivity index (χ4v) is 1.91. The van der Waals surface area contributed by atoms with Gasteiger partial charge in [-0.05, 0) is 23.1 Å². The highest BCUT2D eigenvalue weighted by atomic mass is 17.5. The largest absolute Gasteiger partial charge is 0.543 e. The van der Waals surface area contributed by atoms with Crippen LogP contribution >= 0.6 is 0 Å². The van der Waals surface area contributed by atoms with Gasteiger partial charge in [-0.2, -0.15) is 0 Å². The Bertz CT molecular complexity index is 681. The smallest absolute Gasteiger partial charge is 0.432 e. The molecule has 24 heavy (non-hydrogen) atoms. The zero-order valence-electron chi connectivity index (χ0n) is 13.4. The van der Waals surface area contributed by atoms with Crippen LogP contribution in [0.2, 0.25) is 0 Å². The summed E-state index contributed by atoms with van der Waals surface area (Å²) in [4.78, 5) is 32.0. The molecule has 2 aromatic rings. The predicted molar refractivity (Wildman–Crippen MR) is 85.6 cm³/mol. The molecule has 0 atom stereocenters. The molecule has 0 amide bonds. The first-order valence-corrected chi connectivity index (χ1v) is 7.44. The average molecular weight is 330 g/mol. The van der Waals surface area contributed by atoms with Gasteiger partial charge in [0.15, 0.2) is 0 Å². The summed E-state index contributed by atoms with van der Waals surface area (Å²) in [6, 6.07) is 16.2. The zero-order valence-corrected chi connectivity index (χ0v) is 13.4. The summed E-state index contributed by atoms with van der Waals surface area (Å²) < 4.78 is 4.71. The molecular formula is C18H18O6. The molecule has 0 saturated heterocycles. The van der Waals surface area contributed by atoms with E-state index in [0.29, 0.717) is 5.56 Å². The van der Waals surface area contributed by atoms with Crippen LogP contribution in [0.25, 0.3) is 11.1 Å². The van der Waals surface area contributed by atoms with Gasteiger partial charge in [0.2, 0.25) is 0 Å². The molecular weight excluding hydrogens is 312 g/mol. The first-order valence-electron chi connectivity index (χ1n) is 7.44. The van der Waals surface area contributed by atoms with Gasteiger partial charge in [-0.1, -0.05) is 62.4 Å². The monoisotopic (exact) mass is 330 g/mol. The predicted octanol–water partition coefficient (Wildman–Crippen LogP) is 4.17. The van der Waals surface area contributed by atoms with Crippen LogP contribution in [0.4, 0.5) is 4.79 Å². The molecule has 0 aliphatic rings. The molecule has 0 radical (unpaired) electrons. The molecule has 0 aliphatic heterocycles. The second-order valence-corrected chi connectivity index (χ2v) is 5.39. The molecule has 0 spiro atoms. The molecule has 0 aliphatic carbocycles. The van der Waals surface area contributed by atoms with Crippen molar-refractivity contribution < 1.29 is 29.1 Å². The van der Waals surface area contributed by atoms with Crippen molar-refractivity contribution in [2.24, 2.45) is 5.92 Å².